The highest BCUT2D eigenvalue weighted by atomic mass is 32.2. The maximum absolute atomic E-state index is 14.5. The van der Waals surface area contributed by atoms with Gasteiger partial charge in [-0.1, -0.05) is 31.4 Å². The Labute approximate surface area is 177 Å². The fourth-order valence-corrected chi connectivity index (χ4v) is 4.57. The van der Waals surface area contributed by atoms with E-state index in [-0.39, 0.29) is 10.5 Å². The van der Waals surface area contributed by atoms with Crippen LogP contribution < -0.4 is 5.32 Å². The lowest BCUT2D eigenvalue weighted by molar-refractivity contribution is 0.101. The van der Waals surface area contributed by atoms with Crippen LogP contribution in [0.2, 0.25) is 0 Å². The average Bonchev–Trinajstić information content (AvgIpc) is 3.16. The van der Waals surface area contributed by atoms with Crippen molar-refractivity contribution in [3.63, 3.8) is 0 Å². The molecule has 3 aromatic rings. The van der Waals surface area contributed by atoms with Crippen molar-refractivity contribution in [1.29, 1.82) is 0 Å². The third-order valence-corrected chi connectivity index (χ3v) is 6.40. The van der Waals surface area contributed by atoms with Crippen LogP contribution in [0.3, 0.4) is 0 Å². The van der Waals surface area contributed by atoms with E-state index in [4.69, 9.17) is 0 Å². The van der Waals surface area contributed by atoms with Gasteiger partial charge in [0, 0.05) is 17.6 Å². The summed E-state index contributed by atoms with van der Waals surface area (Å²) in [4.78, 5) is 13.0. The zero-order chi connectivity index (χ0) is 21.1. The number of carbonyl (C=O) groups excluding carboxylic acids is 1. The van der Waals surface area contributed by atoms with Crippen molar-refractivity contribution in [2.45, 2.75) is 48.1 Å². The fourth-order valence-electron chi connectivity index (χ4n) is 3.70. The van der Waals surface area contributed by atoms with Crippen molar-refractivity contribution in [3.05, 3.63) is 59.2 Å². The first kappa shape index (κ1) is 20.5. The number of carbonyl (C=O) groups is 1. The summed E-state index contributed by atoms with van der Waals surface area (Å²) in [5.74, 6) is -2.47. The van der Waals surface area contributed by atoms with Gasteiger partial charge in [0.2, 0.25) is 5.16 Å². The molecule has 0 saturated heterocycles. The Kier molecular flexibility index (Phi) is 6.08. The number of halogens is 2. The van der Waals surface area contributed by atoms with Crippen molar-refractivity contribution in [1.82, 2.24) is 20.2 Å². The fraction of sp³-hybridized carbons (Fsp3) is 0.333. The van der Waals surface area contributed by atoms with E-state index < -0.39 is 17.5 Å². The molecule has 1 N–H and O–H groups in total. The minimum atomic E-state index is -1.20. The summed E-state index contributed by atoms with van der Waals surface area (Å²) in [5, 5.41) is 14.1. The van der Waals surface area contributed by atoms with E-state index in [9.17, 15) is 13.6 Å². The van der Waals surface area contributed by atoms with Crippen LogP contribution in [0.25, 0.3) is 0 Å². The molecular formula is C21H21F2N5OS. The molecule has 1 amide bonds. The SMILES string of the molecule is Cn1nnnc1Sc1ccc(F)c(F)c1C(=O)Nc1ccc(C2CCCCC2)cc1. The van der Waals surface area contributed by atoms with Crippen molar-refractivity contribution in [2.75, 3.05) is 5.32 Å². The lowest BCUT2D eigenvalue weighted by Gasteiger charge is -2.22. The first-order valence-corrected chi connectivity index (χ1v) is 10.6. The molecule has 1 heterocycles. The van der Waals surface area contributed by atoms with Gasteiger partial charge in [0.1, 0.15) is 0 Å². The molecule has 0 spiro atoms. The van der Waals surface area contributed by atoms with E-state index in [0.29, 0.717) is 16.8 Å². The van der Waals surface area contributed by atoms with E-state index in [2.05, 4.69) is 20.8 Å². The smallest absolute Gasteiger partial charge is 0.259 e. The largest absolute Gasteiger partial charge is 0.322 e. The molecule has 1 aliphatic rings. The number of nitrogens with zero attached hydrogens (tertiary/aromatic N) is 4. The van der Waals surface area contributed by atoms with E-state index in [0.717, 1.165) is 17.8 Å². The second kappa shape index (κ2) is 8.91. The van der Waals surface area contributed by atoms with E-state index in [1.54, 1.807) is 19.2 Å². The molecule has 1 aliphatic carbocycles. The number of hydrogen-bond acceptors (Lipinski definition) is 5. The lowest BCUT2D eigenvalue weighted by atomic mass is 9.84. The van der Waals surface area contributed by atoms with Crippen molar-refractivity contribution >= 4 is 23.4 Å². The molecule has 4 rings (SSSR count). The van der Waals surface area contributed by atoms with Gasteiger partial charge in [-0.15, -0.1) is 5.10 Å². The van der Waals surface area contributed by atoms with E-state index >= 15 is 0 Å². The number of anilines is 1. The standard InChI is InChI=1S/C21H21F2N5OS/c1-28-21(25-26-27-28)30-17-12-11-16(22)19(23)18(17)20(29)24-15-9-7-14(8-10-15)13-5-3-2-4-6-13/h7-13H,2-6H2,1H3,(H,24,29). The molecule has 6 nitrogen and oxygen atoms in total. The molecule has 1 fully saturated rings. The Morgan fingerprint density at radius 2 is 1.83 bits per heavy atom. The zero-order valence-corrected chi connectivity index (χ0v) is 17.3. The highest BCUT2D eigenvalue weighted by Gasteiger charge is 2.23. The summed E-state index contributed by atoms with van der Waals surface area (Å²) in [6, 6.07) is 9.93. The Hall–Kier alpha value is -2.81. The van der Waals surface area contributed by atoms with Gasteiger partial charge in [-0.05, 0) is 70.8 Å². The Balaban J connectivity index is 1.55. The summed E-state index contributed by atoms with van der Waals surface area (Å²) < 4.78 is 29.8. The topological polar surface area (TPSA) is 72.7 Å². The molecule has 0 atom stereocenters. The molecule has 9 heteroatoms. The number of aromatic nitrogens is 4. The zero-order valence-electron chi connectivity index (χ0n) is 16.4. The molecule has 0 radical (unpaired) electrons. The number of tetrazole rings is 1. The van der Waals surface area contributed by atoms with Crippen LogP contribution in [-0.4, -0.2) is 26.1 Å². The molecule has 2 aromatic carbocycles. The highest BCUT2D eigenvalue weighted by Crippen LogP contribution is 2.34. The number of hydrogen-bond donors (Lipinski definition) is 1. The maximum atomic E-state index is 14.5. The van der Waals surface area contributed by atoms with Gasteiger partial charge in [-0.25, -0.2) is 13.5 Å². The van der Waals surface area contributed by atoms with Crippen LogP contribution in [0.4, 0.5) is 14.5 Å². The van der Waals surface area contributed by atoms with Crippen molar-refractivity contribution < 1.29 is 13.6 Å². The summed E-state index contributed by atoms with van der Waals surface area (Å²) in [6.45, 7) is 0. The molecular weight excluding hydrogens is 408 g/mol. The number of aryl methyl sites for hydroxylation is 1. The van der Waals surface area contributed by atoms with Gasteiger partial charge in [0.05, 0.1) is 5.56 Å². The quantitative estimate of drug-likeness (QED) is 0.622. The second-order valence-corrected chi connectivity index (χ2v) is 8.34. The van der Waals surface area contributed by atoms with Gasteiger partial charge < -0.3 is 5.32 Å². The summed E-state index contributed by atoms with van der Waals surface area (Å²) in [5.41, 5.74) is 1.40. The summed E-state index contributed by atoms with van der Waals surface area (Å²) in [7, 11) is 1.62. The first-order chi connectivity index (χ1) is 14.5. The van der Waals surface area contributed by atoms with Crippen molar-refractivity contribution in [3.8, 4) is 0 Å². The third kappa shape index (κ3) is 4.35. The molecule has 0 aliphatic heterocycles. The molecule has 30 heavy (non-hydrogen) atoms. The van der Waals surface area contributed by atoms with E-state index in [1.807, 2.05) is 12.1 Å². The van der Waals surface area contributed by atoms with Gasteiger partial charge in [0.25, 0.3) is 5.91 Å². The predicted molar refractivity (Wildman–Crippen MR) is 110 cm³/mol. The number of nitrogens with one attached hydrogen (secondary N) is 1. The Morgan fingerprint density at radius 1 is 1.10 bits per heavy atom. The minimum absolute atomic E-state index is 0.225. The van der Waals surface area contributed by atoms with Gasteiger partial charge in [0.15, 0.2) is 11.6 Å². The highest BCUT2D eigenvalue weighted by molar-refractivity contribution is 7.99. The molecule has 0 bridgehead atoms. The van der Waals surface area contributed by atoms with Crippen LogP contribution in [0.1, 0.15) is 53.9 Å². The molecule has 156 valence electrons. The molecule has 1 saturated carbocycles. The average molecular weight is 429 g/mol. The minimum Gasteiger partial charge on any atom is -0.322 e. The number of rotatable bonds is 5. The summed E-state index contributed by atoms with van der Waals surface area (Å²) >= 11 is 0.990. The third-order valence-electron chi connectivity index (χ3n) is 5.31. The maximum Gasteiger partial charge on any atom is 0.259 e. The first-order valence-electron chi connectivity index (χ1n) is 9.82. The van der Waals surface area contributed by atoms with Crippen LogP contribution in [-0.2, 0) is 7.05 Å². The monoisotopic (exact) mass is 429 g/mol. The second-order valence-electron chi connectivity index (χ2n) is 7.33. The van der Waals surface area contributed by atoms with Crippen LogP contribution >= 0.6 is 11.8 Å². The van der Waals surface area contributed by atoms with E-state index in [1.165, 1.54) is 48.4 Å². The molecule has 0 unspecified atom stereocenters. The van der Waals surface area contributed by atoms with Gasteiger partial charge in [-0.3, -0.25) is 4.79 Å². The lowest BCUT2D eigenvalue weighted by Crippen LogP contribution is -2.16. The van der Waals surface area contributed by atoms with Gasteiger partial charge in [-0.2, -0.15) is 0 Å². The summed E-state index contributed by atoms with van der Waals surface area (Å²) in [6.07, 6.45) is 6.12. The van der Waals surface area contributed by atoms with Crippen LogP contribution in [0.5, 0.6) is 0 Å². The number of amides is 1. The number of benzene rings is 2. The Bertz CT molecular complexity index is 1050. The van der Waals surface area contributed by atoms with Crippen LogP contribution in [0, 0.1) is 11.6 Å². The normalized spacial score (nSPS) is 14.6. The van der Waals surface area contributed by atoms with Crippen LogP contribution in [0.15, 0.2) is 46.5 Å². The predicted octanol–water partition coefficient (Wildman–Crippen LogP) is 4.94. The van der Waals surface area contributed by atoms with Gasteiger partial charge >= 0.3 is 0 Å². The molecule has 1 aromatic heterocycles. The Morgan fingerprint density at radius 3 is 2.50 bits per heavy atom. The van der Waals surface area contributed by atoms with Crippen molar-refractivity contribution in [2.24, 2.45) is 7.05 Å².